The Kier molecular flexibility index (Phi) is 22.4. The van der Waals surface area contributed by atoms with Crippen molar-refractivity contribution in [2.45, 2.75) is 0 Å². The van der Waals surface area contributed by atoms with E-state index >= 15 is 0 Å². The fraction of sp³-hybridized carbons (Fsp3) is 0. The van der Waals surface area contributed by atoms with E-state index in [4.69, 9.17) is 0 Å². The Labute approximate surface area is 66.6 Å². The molecule has 0 spiro atoms. The molecule has 0 rings (SSSR count). The molecule has 0 aliphatic carbocycles. The van der Waals surface area contributed by atoms with Crippen molar-refractivity contribution in [2.24, 2.45) is 0 Å². The molecule has 0 aromatic heterocycles. The van der Waals surface area contributed by atoms with Crippen molar-refractivity contribution in [3.8, 4) is 0 Å². The van der Waals surface area contributed by atoms with E-state index in [1.807, 2.05) is 0 Å². The van der Waals surface area contributed by atoms with Crippen LogP contribution in [-0.4, -0.2) is 0 Å². The third-order valence-corrected chi connectivity index (χ3v) is 0. The fourth-order valence-electron chi connectivity index (χ4n) is 0. The summed E-state index contributed by atoms with van der Waals surface area (Å²) in [6.07, 6.45) is 0. The fourth-order valence-corrected chi connectivity index (χ4v) is 0. The van der Waals surface area contributed by atoms with Crippen LogP contribution in [0.25, 0.3) is 0 Å². The van der Waals surface area contributed by atoms with Gasteiger partial charge in [-0.1, -0.05) is 0 Å². The molecule has 0 fully saturated rings. The van der Waals surface area contributed by atoms with Crippen LogP contribution in [0.3, 0.4) is 0 Å². The predicted molar refractivity (Wildman–Crippen MR) is 28.0 cm³/mol. The van der Waals surface area contributed by atoms with Crippen LogP contribution >= 0.6 is 40.0 Å². The molecule has 24 valence electrons. The van der Waals surface area contributed by atoms with Gasteiger partial charge >= 0.3 is 49.4 Å². The summed E-state index contributed by atoms with van der Waals surface area (Å²) in [6, 6.07) is 0. The average Bonchev–Trinajstić information content (AvgIpc) is 0.918. The van der Waals surface area contributed by atoms with E-state index in [-0.39, 0.29) is 18.6 Å². The molecule has 0 aromatic carbocycles. The third-order valence-electron chi connectivity index (χ3n) is 0. The van der Waals surface area contributed by atoms with E-state index in [0.29, 0.717) is 9.47 Å². The van der Waals surface area contributed by atoms with Crippen LogP contribution in [0.4, 0.5) is 0 Å². The molecule has 0 saturated heterocycles. The quantitative estimate of drug-likeness (QED) is 0.581. The summed E-state index contributed by atoms with van der Waals surface area (Å²) >= 11 is 4.74. The second-order valence-electron chi connectivity index (χ2n) is 0.0639. The van der Waals surface area contributed by atoms with Crippen molar-refractivity contribution >= 4 is 40.0 Å². The van der Waals surface area contributed by atoms with Crippen LogP contribution in [-0.2, 0) is 28.0 Å². The first-order valence-corrected chi connectivity index (χ1v) is 9.35. The molecule has 0 atom stereocenters. The Balaban J connectivity index is 0. The van der Waals surface area contributed by atoms with E-state index in [1.54, 1.807) is 0 Å². The standard InChI is InChI=1S/2HI.2V/h2*1H;;/q;;;+2/p-2. The third kappa shape index (κ3) is 8.82. The van der Waals surface area contributed by atoms with E-state index in [0.717, 1.165) is 0 Å². The van der Waals surface area contributed by atoms with Gasteiger partial charge in [0.05, 0.1) is 0 Å². The van der Waals surface area contributed by atoms with Crippen LogP contribution in [0.2, 0.25) is 0 Å². The zero-order valence-corrected chi connectivity index (χ0v) is 8.76. The first kappa shape index (κ1) is 9.80. The maximum absolute atomic E-state index is 2.37. The van der Waals surface area contributed by atoms with Crippen molar-refractivity contribution in [1.82, 2.24) is 0 Å². The first-order chi connectivity index (χ1) is 1.41. The molecule has 0 saturated carbocycles. The monoisotopic (exact) mass is 356 g/mol. The maximum atomic E-state index is 2.37. The van der Waals surface area contributed by atoms with Crippen LogP contribution in [0.15, 0.2) is 0 Å². The molecule has 0 aliphatic heterocycles. The molecule has 4 heteroatoms. The van der Waals surface area contributed by atoms with E-state index in [1.165, 1.54) is 0 Å². The van der Waals surface area contributed by atoms with Gasteiger partial charge in [-0.25, -0.2) is 0 Å². The van der Waals surface area contributed by atoms with E-state index < -0.39 is 0 Å². The molecule has 4 heavy (non-hydrogen) atoms. The Morgan fingerprint density at radius 3 is 1.25 bits per heavy atom. The number of hydrogen-bond acceptors (Lipinski definition) is 0. The molecular weight excluding hydrogens is 356 g/mol. The summed E-state index contributed by atoms with van der Waals surface area (Å²) in [4.78, 5) is 0. The summed E-state index contributed by atoms with van der Waals surface area (Å²) in [6.45, 7) is 0. The largest absolute Gasteiger partial charge is 0 e. The molecule has 0 N–H and O–H groups in total. The maximum Gasteiger partial charge on any atom is 0 e. The van der Waals surface area contributed by atoms with Crippen molar-refractivity contribution < 1.29 is 28.0 Å². The van der Waals surface area contributed by atoms with Crippen molar-refractivity contribution in [3.63, 3.8) is 0 Å². The van der Waals surface area contributed by atoms with Crippen molar-refractivity contribution in [1.29, 1.82) is 0 Å². The molecule has 0 aliphatic rings. The van der Waals surface area contributed by atoms with Crippen LogP contribution < -0.4 is 0 Å². The topological polar surface area (TPSA) is 0 Å². The zero-order chi connectivity index (χ0) is 2.71. The van der Waals surface area contributed by atoms with Gasteiger partial charge in [0.2, 0.25) is 0 Å². The molecule has 0 heterocycles. The van der Waals surface area contributed by atoms with Gasteiger partial charge < -0.3 is 0 Å². The zero-order valence-electron chi connectivity index (χ0n) is 1.65. The summed E-state index contributed by atoms with van der Waals surface area (Å²) in [7, 11) is 0.628. The van der Waals surface area contributed by atoms with Gasteiger partial charge in [-0.15, -0.1) is 0 Å². The minimum Gasteiger partial charge on any atom is 0 e. The molecule has 0 unspecified atom stereocenters. The van der Waals surface area contributed by atoms with Gasteiger partial charge in [0.25, 0.3) is 0 Å². The second-order valence-corrected chi connectivity index (χ2v) is 11.9. The smallest absolute Gasteiger partial charge is 0 e. The van der Waals surface area contributed by atoms with Crippen LogP contribution in [0, 0.1) is 0 Å². The van der Waals surface area contributed by atoms with Crippen molar-refractivity contribution in [2.75, 3.05) is 0 Å². The number of rotatable bonds is 0. The second kappa shape index (κ2) is 9.16. The number of halogens is 2. The number of hydrogen-bond donors (Lipinski definition) is 0. The normalized spacial score (nSPS) is 3.50. The summed E-state index contributed by atoms with van der Waals surface area (Å²) in [5.41, 5.74) is 0. The minimum atomic E-state index is 0. The van der Waals surface area contributed by atoms with E-state index in [2.05, 4.69) is 40.0 Å². The summed E-state index contributed by atoms with van der Waals surface area (Å²) < 4.78 is 0. The van der Waals surface area contributed by atoms with E-state index in [9.17, 15) is 0 Å². The molecule has 0 bridgehead atoms. The van der Waals surface area contributed by atoms with Gasteiger partial charge in [0.1, 0.15) is 0 Å². The Bertz CT molecular complexity index is 4.00. The minimum absolute atomic E-state index is 0. The molecular formula is I2V2. The molecule has 0 amide bonds. The van der Waals surface area contributed by atoms with Crippen LogP contribution in [0.5, 0.6) is 0 Å². The molecule has 1 radical (unpaired) electrons. The van der Waals surface area contributed by atoms with Gasteiger partial charge in [0.15, 0.2) is 0 Å². The van der Waals surface area contributed by atoms with Gasteiger partial charge in [-0.05, 0) is 0 Å². The Morgan fingerprint density at radius 1 is 1.25 bits per heavy atom. The first-order valence-electron chi connectivity index (χ1n) is 0.338. The Morgan fingerprint density at radius 2 is 1.25 bits per heavy atom. The van der Waals surface area contributed by atoms with Gasteiger partial charge in [-0.2, -0.15) is 0 Å². The summed E-state index contributed by atoms with van der Waals surface area (Å²) in [5.74, 6) is 0. The SMILES string of the molecule is [I][V][I].[V]. The molecule has 0 nitrogen and oxygen atoms in total. The predicted octanol–water partition coefficient (Wildman–Crippen LogP) is 1.77. The summed E-state index contributed by atoms with van der Waals surface area (Å²) in [5, 5.41) is 0. The average molecular weight is 356 g/mol. The Hall–Kier alpha value is 2.63. The van der Waals surface area contributed by atoms with Gasteiger partial charge in [0, 0.05) is 18.6 Å². The van der Waals surface area contributed by atoms with Gasteiger partial charge in [-0.3, -0.25) is 0 Å². The van der Waals surface area contributed by atoms with Crippen molar-refractivity contribution in [3.05, 3.63) is 0 Å². The van der Waals surface area contributed by atoms with Crippen LogP contribution in [0.1, 0.15) is 0 Å². The molecule has 0 aromatic rings.